The zero-order chi connectivity index (χ0) is 15.2. The van der Waals surface area contributed by atoms with Gasteiger partial charge in [0.2, 0.25) is 5.91 Å². The summed E-state index contributed by atoms with van der Waals surface area (Å²) in [6.45, 7) is 7.97. The van der Waals surface area contributed by atoms with E-state index in [1.54, 1.807) is 0 Å². The van der Waals surface area contributed by atoms with E-state index in [9.17, 15) is 4.79 Å². The molecule has 0 radical (unpaired) electrons. The topological polar surface area (TPSA) is 44.8 Å². The fourth-order valence-electron chi connectivity index (χ4n) is 3.56. The van der Waals surface area contributed by atoms with Crippen LogP contribution >= 0.6 is 11.8 Å². The van der Waals surface area contributed by atoms with E-state index in [1.807, 2.05) is 11.8 Å². The Kier molecular flexibility index (Phi) is 6.41. The number of hydrogen-bond acceptors (Lipinski definition) is 5. The Bertz CT molecular complexity index is 349. The molecule has 3 aliphatic heterocycles. The van der Waals surface area contributed by atoms with Crippen molar-refractivity contribution in [2.45, 2.75) is 25.3 Å². The maximum atomic E-state index is 12.4. The second kappa shape index (κ2) is 8.52. The standard InChI is InChI=1S/C16H29N3O2S/c20-16(11-15-13-22-10-3-17-15)19-6-4-18(5-7-19)12-14-1-8-21-9-2-14/h14-15,17H,1-13H2. The number of thioether (sulfide) groups is 1. The van der Waals surface area contributed by atoms with Crippen LogP contribution in [0.3, 0.4) is 0 Å². The summed E-state index contributed by atoms with van der Waals surface area (Å²) in [6, 6.07) is 0.381. The second-order valence-corrected chi connectivity index (χ2v) is 7.82. The molecule has 0 bridgehead atoms. The van der Waals surface area contributed by atoms with Gasteiger partial charge in [0.1, 0.15) is 0 Å². The molecule has 0 aromatic rings. The molecule has 0 spiro atoms. The van der Waals surface area contributed by atoms with E-state index in [4.69, 9.17) is 4.74 Å². The quantitative estimate of drug-likeness (QED) is 0.821. The molecule has 3 fully saturated rings. The molecule has 1 unspecified atom stereocenters. The SMILES string of the molecule is O=C(CC1CSCCN1)N1CCN(CC2CCOCC2)CC1. The first kappa shape index (κ1) is 16.6. The molecular formula is C16H29N3O2S. The Labute approximate surface area is 138 Å². The van der Waals surface area contributed by atoms with Gasteiger partial charge in [-0.1, -0.05) is 0 Å². The third-order valence-corrected chi connectivity index (χ3v) is 6.13. The Hall–Kier alpha value is -0.300. The summed E-state index contributed by atoms with van der Waals surface area (Å²) in [6.07, 6.45) is 3.07. The predicted octanol–water partition coefficient (Wildman–Crippen LogP) is 0.652. The molecule has 3 heterocycles. The van der Waals surface area contributed by atoms with Gasteiger partial charge in [-0.25, -0.2) is 0 Å². The lowest BCUT2D eigenvalue weighted by Crippen LogP contribution is -2.51. The van der Waals surface area contributed by atoms with Crippen molar-refractivity contribution in [3.8, 4) is 0 Å². The zero-order valence-corrected chi connectivity index (χ0v) is 14.3. The van der Waals surface area contributed by atoms with Crippen LogP contribution < -0.4 is 5.32 Å². The van der Waals surface area contributed by atoms with E-state index >= 15 is 0 Å². The minimum atomic E-state index is 0.339. The Morgan fingerprint density at radius 1 is 1.18 bits per heavy atom. The number of rotatable bonds is 4. The minimum Gasteiger partial charge on any atom is -0.381 e. The smallest absolute Gasteiger partial charge is 0.224 e. The Morgan fingerprint density at radius 2 is 1.95 bits per heavy atom. The molecule has 126 valence electrons. The van der Waals surface area contributed by atoms with Crippen molar-refractivity contribution in [2.75, 3.05) is 64.0 Å². The average Bonchev–Trinajstić information content (AvgIpc) is 2.57. The highest BCUT2D eigenvalue weighted by molar-refractivity contribution is 7.99. The number of ether oxygens (including phenoxy) is 1. The fourth-order valence-corrected chi connectivity index (χ4v) is 4.51. The van der Waals surface area contributed by atoms with E-state index < -0.39 is 0 Å². The zero-order valence-electron chi connectivity index (χ0n) is 13.5. The third-order valence-electron chi connectivity index (χ3n) is 5.00. The van der Waals surface area contributed by atoms with Crippen LogP contribution in [-0.2, 0) is 9.53 Å². The maximum Gasteiger partial charge on any atom is 0.224 e. The number of hydrogen-bond donors (Lipinski definition) is 1. The number of carbonyl (C=O) groups excluding carboxylic acids is 1. The van der Waals surface area contributed by atoms with E-state index in [0.717, 1.165) is 57.6 Å². The van der Waals surface area contributed by atoms with Crippen LogP contribution in [0.15, 0.2) is 0 Å². The van der Waals surface area contributed by atoms with E-state index in [2.05, 4.69) is 15.1 Å². The van der Waals surface area contributed by atoms with Crippen LogP contribution in [-0.4, -0.2) is 85.7 Å². The molecule has 1 N–H and O–H groups in total. The van der Waals surface area contributed by atoms with Gasteiger partial charge in [0.25, 0.3) is 0 Å². The lowest BCUT2D eigenvalue weighted by atomic mass is 9.99. The largest absolute Gasteiger partial charge is 0.381 e. The summed E-state index contributed by atoms with van der Waals surface area (Å²) >= 11 is 1.96. The van der Waals surface area contributed by atoms with Crippen LogP contribution in [0.5, 0.6) is 0 Å². The molecule has 5 nitrogen and oxygen atoms in total. The highest BCUT2D eigenvalue weighted by atomic mass is 32.2. The molecule has 3 rings (SSSR count). The first-order valence-corrected chi connectivity index (χ1v) is 9.86. The number of nitrogens with one attached hydrogen (secondary N) is 1. The monoisotopic (exact) mass is 327 g/mol. The lowest BCUT2D eigenvalue weighted by molar-refractivity contribution is -0.133. The van der Waals surface area contributed by atoms with Gasteiger partial charge in [-0.2, -0.15) is 11.8 Å². The molecule has 0 aromatic heterocycles. The molecule has 6 heteroatoms. The van der Waals surface area contributed by atoms with E-state index in [1.165, 1.54) is 25.1 Å². The van der Waals surface area contributed by atoms with Gasteiger partial charge in [0, 0.05) is 76.5 Å². The molecule has 0 aliphatic carbocycles. The fraction of sp³-hybridized carbons (Fsp3) is 0.938. The maximum absolute atomic E-state index is 12.4. The van der Waals surface area contributed by atoms with Crippen molar-refractivity contribution < 1.29 is 9.53 Å². The summed E-state index contributed by atoms with van der Waals surface area (Å²) in [4.78, 5) is 17.0. The molecule has 3 saturated heterocycles. The van der Waals surface area contributed by atoms with E-state index in [0.29, 0.717) is 18.4 Å². The van der Waals surface area contributed by atoms with Gasteiger partial charge in [0.15, 0.2) is 0 Å². The van der Waals surface area contributed by atoms with Crippen molar-refractivity contribution in [2.24, 2.45) is 5.92 Å². The lowest BCUT2D eigenvalue weighted by Gasteiger charge is -2.37. The minimum absolute atomic E-state index is 0.339. The Morgan fingerprint density at radius 3 is 2.64 bits per heavy atom. The van der Waals surface area contributed by atoms with Gasteiger partial charge in [0.05, 0.1) is 0 Å². The van der Waals surface area contributed by atoms with Gasteiger partial charge >= 0.3 is 0 Å². The Balaban J connectivity index is 1.36. The highest BCUT2D eigenvalue weighted by Crippen LogP contribution is 2.18. The van der Waals surface area contributed by atoms with Gasteiger partial charge in [-0.05, 0) is 18.8 Å². The van der Waals surface area contributed by atoms with Crippen LogP contribution in [0.4, 0.5) is 0 Å². The van der Waals surface area contributed by atoms with Gasteiger partial charge in [-0.15, -0.1) is 0 Å². The van der Waals surface area contributed by atoms with Crippen LogP contribution in [0.2, 0.25) is 0 Å². The van der Waals surface area contributed by atoms with Crippen molar-refractivity contribution in [3.05, 3.63) is 0 Å². The third kappa shape index (κ3) is 4.85. The summed E-state index contributed by atoms with van der Waals surface area (Å²) in [7, 11) is 0. The summed E-state index contributed by atoms with van der Waals surface area (Å²) in [5.41, 5.74) is 0. The van der Waals surface area contributed by atoms with Crippen molar-refractivity contribution in [1.29, 1.82) is 0 Å². The first-order valence-electron chi connectivity index (χ1n) is 8.70. The number of amides is 1. The van der Waals surface area contributed by atoms with E-state index in [-0.39, 0.29) is 0 Å². The summed E-state index contributed by atoms with van der Waals surface area (Å²) in [5, 5.41) is 3.46. The van der Waals surface area contributed by atoms with Crippen LogP contribution in [0, 0.1) is 5.92 Å². The average molecular weight is 327 g/mol. The number of piperazine rings is 1. The summed E-state index contributed by atoms with van der Waals surface area (Å²) in [5.74, 6) is 3.38. The van der Waals surface area contributed by atoms with Gasteiger partial charge < -0.3 is 15.0 Å². The molecule has 1 amide bonds. The molecule has 0 aromatic carbocycles. The molecule has 3 aliphatic rings. The predicted molar refractivity (Wildman–Crippen MR) is 90.3 cm³/mol. The first-order chi connectivity index (χ1) is 10.8. The molecule has 1 atom stereocenters. The normalized spacial score (nSPS) is 28.7. The van der Waals surface area contributed by atoms with Crippen molar-refractivity contribution in [3.63, 3.8) is 0 Å². The second-order valence-electron chi connectivity index (χ2n) is 6.67. The molecule has 22 heavy (non-hydrogen) atoms. The highest BCUT2D eigenvalue weighted by Gasteiger charge is 2.26. The number of nitrogens with zero attached hydrogens (tertiary/aromatic N) is 2. The van der Waals surface area contributed by atoms with Crippen LogP contribution in [0.25, 0.3) is 0 Å². The summed E-state index contributed by atoms with van der Waals surface area (Å²) < 4.78 is 5.43. The van der Waals surface area contributed by atoms with Gasteiger partial charge in [-0.3, -0.25) is 9.69 Å². The van der Waals surface area contributed by atoms with Crippen LogP contribution in [0.1, 0.15) is 19.3 Å². The number of carbonyl (C=O) groups is 1. The van der Waals surface area contributed by atoms with Crippen molar-refractivity contribution >= 4 is 17.7 Å². The molecular weight excluding hydrogens is 298 g/mol. The molecule has 0 saturated carbocycles. The van der Waals surface area contributed by atoms with Crippen molar-refractivity contribution in [1.82, 2.24) is 15.1 Å².